The van der Waals surface area contributed by atoms with Crippen molar-refractivity contribution in [3.8, 4) is 0 Å². The van der Waals surface area contributed by atoms with E-state index in [-0.39, 0.29) is 0 Å². The van der Waals surface area contributed by atoms with Gasteiger partial charge in [-0.15, -0.1) is 0 Å². The monoisotopic (exact) mass is 278 g/mol. The summed E-state index contributed by atoms with van der Waals surface area (Å²) in [4.78, 5) is 9.18. The quantitative estimate of drug-likeness (QED) is 0.796. The third-order valence-corrected chi connectivity index (χ3v) is 4.38. The van der Waals surface area contributed by atoms with E-state index in [1.54, 1.807) is 6.33 Å². The van der Waals surface area contributed by atoms with Gasteiger partial charge in [-0.05, 0) is 12.5 Å². The average Bonchev–Trinajstić information content (AvgIpc) is 2.36. The van der Waals surface area contributed by atoms with Crippen LogP contribution in [0.2, 0.25) is 0 Å². The van der Waals surface area contributed by atoms with Crippen LogP contribution in [0.4, 0.5) is 0 Å². The third-order valence-electron chi connectivity index (χ3n) is 2.94. The minimum absolute atomic E-state index is 0.401. The molecule has 0 aliphatic heterocycles. The Bertz CT molecular complexity index is 479. The summed E-state index contributed by atoms with van der Waals surface area (Å²) in [6, 6.07) is 8.17. The lowest BCUT2D eigenvalue weighted by Crippen LogP contribution is -2.10. The van der Waals surface area contributed by atoms with E-state index in [1.807, 2.05) is 18.2 Å². The molecule has 0 radical (unpaired) electrons. The number of halogens is 1. The van der Waals surface area contributed by atoms with Crippen LogP contribution in [0.5, 0.6) is 0 Å². The highest BCUT2D eigenvalue weighted by Gasteiger charge is 2.17. The van der Waals surface area contributed by atoms with Crippen LogP contribution in [0.25, 0.3) is 10.9 Å². The van der Waals surface area contributed by atoms with Gasteiger partial charge in [0.1, 0.15) is 6.33 Å². The van der Waals surface area contributed by atoms with Crippen molar-refractivity contribution in [2.45, 2.75) is 31.0 Å². The fourth-order valence-electron chi connectivity index (χ4n) is 1.91. The Hall–Kier alpha value is -0.960. The molecule has 2 atom stereocenters. The zero-order valence-corrected chi connectivity index (χ0v) is 11.1. The highest BCUT2D eigenvalue weighted by atomic mass is 79.9. The molecule has 0 bridgehead atoms. The number of hydrogen-bond donors (Lipinski definition) is 0. The molecule has 0 saturated carbocycles. The zero-order chi connectivity index (χ0) is 11.5. The van der Waals surface area contributed by atoms with Gasteiger partial charge < -0.3 is 0 Å². The number of fused-ring (bicyclic) bond motifs is 1. The molecule has 0 saturated heterocycles. The molecule has 16 heavy (non-hydrogen) atoms. The molecule has 0 spiro atoms. The molecule has 1 aromatic heterocycles. The third kappa shape index (κ3) is 2.09. The van der Waals surface area contributed by atoms with Crippen molar-refractivity contribution < 1.29 is 0 Å². The number of nitrogens with zero attached hydrogens (tertiary/aromatic N) is 2. The van der Waals surface area contributed by atoms with Crippen molar-refractivity contribution in [1.82, 2.24) is 9.97 Å². The molecule has 2 aromatic rings. The summed E-state index contributed by atoms with van der Waals surface area (Å²) in [5.74, 6) is 0.401. The average molecular weight is 279 g/mol. The van der Waals surface area contributed by atoms with Gasteiger partial charge in [-0.3, -0.25) is 0 Å². The molecule has 3 heteroatoms. The van der Waals surface area contributed by atoms with E-state index in [4.69, 9.17) is 0 Å². The van der Waals surface area contributed by atoms with Crippen LogP contribution in [0.3, 0.4) is 0 Å². The van der Waals surface area contributed by atoms with E-state index in [0.717, 1.165) is 23.0 Å². The Morgan fingerprint density at radius 1 is 1.25 bits per heavy atom. The summed E-state index contributed by atoms with van der Waals surface area (Å²) in [7, 11) is 0. The molecule has 0 aliphatic rings. The maximum Gasteiger partial charge on any atom is 0.116 e. The first-order valence-electron chi connectivity index (χ1n) is 5.57. The van der Waals surface area contributed by atoms with Crippen LogP contribution in [-0.2, 0) is 0 Å². The van der Waals surface area contributed by atoms with Gasteiger partial charge >= 0.3 is 0 Å². The summed E-state index contributed by atoms with van der Waals surface area (Å²) in [6.45, 7) is 4.39. The Kier molecular flexibility index (Phi) is 3.54. The standard InChI is InChI=1S/C13H15BrN2/c1-3-11(14)9(2)13-10-6-4-5-7-12(10)15-8-16-13/h4-9,11H,3H2,1-2H3. The first kappa shape index (κ1) is 11.5. The largest absolute Gasteiger partial charge is 0.240 e. The summed E-state index contributed by atoms with van der Waals surface area (Å²) < 4.78 is 0. The second-order valence-electron chi connectivity index (χ2n) is 3.99. The number of aromatic nitrogens is 2. The maximum absolute atomic E-state index is 4.43. The Labute approximate surface area is 104 Å². The van der Waals surface area contributed by atoms with Gasteiger partial charge in [0.15, 0.2) is 0 Å². The molecular formula is C13H15BrN2. The number of benzene rings is 1. The van der Waals surface area contributed by atoms with Gasteiger partial charge in [-0.1, -0.05) is 48.0 Å². The van der Waals surface area contributed by atoms with Crippen molar-refractivity contribution in [2.75, 3.05) is 0 Å². The minimum atomic E-state index is 0.401. The van der Waals surface area contributed by atoms with Crippen LogP contribution in [-0.4, -0.2) is 14.8 Å². The SMILES string of the molecule is CCC(Br)C(C)c1ncnc2ccccc12. The molecule has 2 rings (SSSR count). The summed E-state index contributed by atoms with van der Waals surface area (Å²) >= 11 is 3.70. The van der Waals surface area contributed by atoms with Crippen molar-refractivity contribution in [3.05, 3.63) is 36.3 Å². The van der Waals surface area contributed by atoms with E-state index >= 15 is 0 Å². The van der Waals surface area contributed by atoms with Gasteiger partial charge in [-0.25, -0.2) is 9.97 Å². The van der Waals surface area contributed by atoms with E-state index < -0.39 is 0 Å². The van der Waals surface area contributed by atoms with Crippen molar-refractivity contribution in [3.63, 3.8) is 0 Å². The smallest absolute Gasteiger partial charge is 0.116 e. The fraction of sp³-hybridized carbons (Fsp3) is 0.385. The van der Waals surface area contributed by atoms with E-state index in [2.05, 4.69) is 45.8 Å². The Morgan fingerprint density at radius 2 is 2.00 bits per heavy atom. The normalized spacial score (nSPS) is 14.9. The molecule has 1 aromatic carbocycles. The molecule has 84 valence electrons. The van der Waals surface area contributed by atoms with Gasteiger partial charge in [-0.2, -0.15) is 0 Å². The minimum Gasteiger partial charge on any atom is -0.240 e. The molecular weight excluding hydrogens is 264 g/mol. The second kappa shape index (κ2) is 4.91. The van der Waals surface area contributed by atoms with Crippen LogP contribution >= 0.6 is 15.9 Å². The maximum atomic E-state index is 4.43. The van der Waals surface area contributed by atoms with Gasteiger partial charge in [0, 0.05) is 16.1 Å². The summed E-state index contributed by atoms with van der Waals surface area (Å²) in [6.07, 6.45) is 2.75. The molecule has 2 nitrogen and oxygen atoms in total. The molecule has 0 N–H and O–H groups in total. The highest BCUT2D eigenvalue weighted by molar-refractivity contribution is 9.09. The van der Waals surface area contributed by atoms with Crippen LogP contribution < -0.4 is 0 Å². The van der Waals surface area contributed by atoms with E-state index in [9.17, 15) is 0 Å². The highest BCUT2D eigenvalue weighted by Crippen LogP contribution is 2.29. The van der Waals surface area contributed by atoms with E-state index in [1.165, 1.54) is 0 Å². The number of hydrogen-bond acceptors (Lipinski definition) is 2. The predicted molar refractivity (Wildman–Crippen MR) is 71.0 cm³/mol. The predicted octanol–water partition coefficient (Wildman–Crippen LogP) is 3.91. The van der Waals surface area contributed by atoms with Gasteiger partial charge in [0.25, 0.3) is 0 Å². The molecule has 0 amide bonds. The van der Waals surface area contributed by atoms with Crippen LogP contribution in [0.1, 0.15) is 31.9 Å². The van der Waals surface area contributed by atoms with Crippen molar-refractivity contribution in [2.24, 2.45) is 0 Å². The summed E-state index contributed by atoms with van der Waals surface area (Å²) in [5, 5.41) is 1.16. The lowest BCUT2D eigenvalue weighted by atomic mass is 9.98. The number of alkyl halides is 1. The number of para-hydroxylation sites is 1. The first-order chi connectivity index (χ1) is 7.74. The van der Waals surface area contributed by atoms with Gasteiger partial charge in [0.05, 0.1) is 11.2 Å². The van der Waals surface area contributed by atoms with Gasteiger partial charge in [0.2, 0.25) is 0 Å². The van der Waals surface area contributed by atoms with Crippen molar-refractivity contribution >= 4 is 26.8 Å². The molecule has 0 fully saturated rings. The lowest BCUT2D eigenvalue weighted by molar-refractivity contribution is 0.679. The molecule has 2 unspecified atom stereocenters. The Morgan fingerprint density at radius 3 is 2.75 bits per heavy atom. The zero-order valence-electron chi connectivity index (χ0n) is 9.52. The molecule has 0 aliphatic carbocycles. The topological polar surface area (TPSA) is 25.8 Å². The summed E-state index contributed by atoms with van der Waals surface area (Å²) in [5.41, 5.74) is 2.16. The van der Waals surface area contributed by atoms with Crippen LogP contribution in [0.15, 0.2) is 30.6 Å². The van der Waals surface area contributed by atoms with Crippen molar-refractivity contribution in [1.29, 1.82) is 0 Å². The second-order valence-corrected chi connectivity index (χ2v) is 5.17. The lowest BCUT2D eigenvalue weighted by Gasteiger charge is -2.17. The van der Waals surface area contributed by atoms with E-state index in [0.29, 0.717) is 10.7 Å². The van der Waals surface area contributed by atoms with Crippen LogP contribution in [0, 0.1) is 0 Å². The first-order valence-corrected chi connectivity index (χ1v) is 6.49. The number of rotatable bonds is 3. The fourth-order valence-corrected chi connectivity index (χ4v) is 2.16. The molecule has 1 heterocycles. The Balaban J connectivity index is 2.52.